The van der Waals surface area contributed by atoms with Gasteiger partial charge in [-0.15, -0.1) is 0 Å². The molecule has 0 bridgehead atoms. The van der Waals surface area contributed by atoms with E-state index in [-0.39, 0.29) is 0 Å². The number of para-hydroxylation sites is 2. The highest BCUT2D eigenvalue weighted by Crippen LogP contribution is 2.36. The SMILES string of the molecule is c1ccc(-c2ccc(-c3cc(-c4ccc(-c5nc6ccccc6o5)cc4)nc(-c4ccc(-c5cc6ccccc6c6ccccc56)cc4)n3)cc2)cc1. The van der Waals surface area contributed by atoms with E-state index < -0.39 is 0 Å². The first-order chi connectivity index (χ1) is 26.2. The first-order valence-electron chi connectivity index (χ1n) is 17.8. The molecule has 8 aromatic carbocycles. The summed E-state index contributed by atoms with van der Waals surface area (Å²) in [5.41, 5.74) is 11.9. The maximum absolute atomic E-state index is 6.04. The van der Waals surface area contributed by atoms with Crippen molar-refractivity contribution in [2.45, 2.75) is 0 Å². The monoisotopic (exact) mass is 677 g/mol. The standard InChI is InChI=1S/C49H31N3O/c1-2-10-32(11-3-1)33-18-22-35(23-19-33)45-31-46(36-24-28-38(29-25-36)49-52-44-16-8-9-17-47(44)53-49)51-48(50-45)37-26-20-34(21-27-37)43-30-39-12-4-5-13-40(39)41-14-6-7-15-42(41)43/h1-31H. The van der Waals surface area contributed by atoms with Gasteiger partial charge in [0.15, 0.2) is 11.4 Å². The Hall–Kier alpha value is -7.17. The highest BCUT2D eigenvalue weighted by Gasteiger charge is 2.14. The third-order valence-corrected chi connectivity index (χ3v) is 9.96. The summed E-state index contributed by atoms with van der Waals surface area (Å²) < 4.78 is 6.04. The highest BCUT2D eigenvalue weighted by atomic mass is 16.3. The van der Waals surface area contributed by atoms with Gasteiger partial charge in [-0.2, -0.15) is 0 Å². The smallest absolute Gasteiger partial charge is 0.227 e. The average molecular weight is 678 g/mol. The molecule has 0 N–H and O–H groups in total. The number of oxazole rings is 1. The van der Waals surface area contributed by atoms with Gasteiger partial charge >= 0.3 is 0 Å². The fraction of sp³-hybridized carbons (Fsp3) is 0. The van der Waals surface area contributed by atoms with Crippen LogP contribution in [-0.2, 0) is 0 Å². The molecular weight excluding hydrogens is 647 g/mol. The Morgan fingerprint density at radius 3 is 1.58 bits per heavy atom. The van der Waals surface area contributed by atoms with Crippen LogP contribution < -0.4 is 0 Å². The van der Waals surface area contributed by atoms with Crippen molar-refractivity contribution < 1.29 is 4.42 Å². The number of nitrogens with zero attached hydrogens (tertiary/aromatic N) is 3. The molecule has 0 spiro atoms. The Kier molecular flexibility index (Phi) is 7.43. The molecule has 4 nitrogen and oxygen atoms in total. The van der Waals surface area contributed by atoms with Crippen LogP contribution in [0.3, 0.4) is 0 Å². The summed E-state index contributed by atoms with van der Waals surface area (Å²) in [6.07, 6.45) is 0. The van der Waals surface area contributed by atoms with Gasteiger partial charge in [0.1, 0.15) is 5.52 Å². The summed E-state index contributed by atoms with van der Waals surface area (Å²) in [6, 6.07) is 65.3. The van der Waals surface area contributed by atoms with Gasteiger partial charge in [0, 0.05) is 22.3 Å². The van der Waals surface area contributed by atoms with E-state index in [4.69, 9.17) is 19.4 Å². The Labute approximate surface area is 306 Å². The van der Waals surface area contributed by atoms with E-state index in [2.05, 4.69) is 146 Å². The average Bonchev–Trinajstić information content (AvgIpc) is 3.68. The van der Waals surface area contributed by atoms with Gasteiger partial charge in [-0.25, -0.2) is 15.0 Å². The molecule has 0 aliphatic heterocycles. The van der Waals surface area contributed by atoms with E-state index in [0.29, 0.717) is 11.7 Å². The molecule has 0 saturated heterocycles. The minimum atomic E-state index is 0.597. The Morgan fingerprint density at radius 2 is 0.868 bits per heavy atom. The van der Waals surface area contributed by atoms with E-state index in [1.165, 1.54) is 32.7 Å². The van der Waals surface area contributed by atoms with Crippen LogP contribution in [0.2, 0.25) is 0 Å². The molecule has 4 heteroatoms. The molecule has 0 unspecified atom stereocenters. The van der Waals surface area contributed by atoms with Crippen molar-refractivity contribution in [3.63, 3.8) is 0 Å². The largest absolute Gasteiger partial charge is 0.436 e. The second-order valence-corrected chi connectivity index (χ2v) is 13.2. The Morgan fingerprint density at radius 1 is 0.340 bits per heavy atom. The molecule has 53 heavy (non-hydrogen) atoms. The maximum atomic E-state index is 6.04. The van der Waals surface area contributed by atoms with Crippen LogP contribution in [0.1, 0.15) is 0 Å². The summed E-state index contributed by atoms with van der Waals surface area (Å²) in [7, 11) is 0. The Bertz CT molecular complexity index is 2880. The first kappa shape index (κ1) is 30.6. The molecule has 0 aliphatic carbocycles. The zero-order valence-electron chi connectivity index (χ0n) is 28.6. The highest BCUT2D eigenvalue weighted by molar-refractivity contribution is 6.13. The van der Waals surface area contributed by atoms with Crippen molar-refractivity contribution in [3.8, 4) is 67.6 Å². The predicted octanol–water partition coefficient (Wildman–Crippen LogP) is 12.9. The molecule has 10 rings (SSSR count). The van der Waals surface area contributed by atoms with Crippen molar-refractivity contribution in [1.82, 2.24) is 15.0 Å². The lowest BCUT2D eigenvalue weighted by atomic mass is 9.93. The molecule has 0 aliphatic rings. The summed E-state index contributed by atoms with van der Waals surface area (Å²) in [5.74, 6) is 1.27. The van der Waals surface area contributed by atoms with E-state index in [1.807, 2.05) is 42.5 Å². The van der Waals surface area contributed by atoms with Crippen LogP contribution in [0, 0.1) is 0 Å². The molecule has 0 radical (unpaired) electrons. The number of benzene rings is 8. The topological polar surface area (TPSA) is 51.8 Å². The number of hydrogen-bond donors (Lipinski definition) is 0. The van der Waals surface area contributed by atoms with Gasteiger partial charge in [0.05, 0.1) is 11.4 Å². The second-order valence-electron chi connectivity index (χ2n) is 13.2. The Balaban J connectivity index is 1.05. The summed E-state index contributed by atoms with van der Waals surface area (Å²) in [6.45, 7) is 0. The fourth-order valence-electron chi connectivity index (χ4n) is 7.21. The van der Waals surface area contributed by atoms with Crippen molar-refractivity contribution >= 4 is 32.6 Å². The van der Waals surface area contributed by atoms with Crippen LogP contribution >= 0.6 is 0 Å². The number of rotatable bonds is 6. The van der Waals surface area contributed by atoms with Crippen molar-refractivity contribution in [2.24, 2.45) is 0 Å². The van der Waals surface area contributed by atoms with Crippen molar-refractivity contribution in [1.29, 1.82) is 0 Å². The lowest BCUT2D eigenvalue weighted by molar-refractivity contribution is 0.620. The summed E-state index contributed by atoms with van der Waals surface area (Å²) in [5, 5.41) is 4.98. The van der Waals surface area contributed by atoms with Crippen LogP contribution in [-0.4, -0.2) is 15.0 Å². The summed E-state index contributed by atoms with van der Waals surface area (Å²) >= 11 is 0. The van der Waals surface area contributed by atoms with Crippen molar-refractivity contribution in [2.75, 3.05) is 0 Å². The van der Waals surface area contributed by atoms with Crippen LogP contribution in [0.5, 0.6) is 0 Å². The molecule has 2 heterocycles. The normalized spacial score (nSPS) is 11.4. The summed E-state index contributed by atoms with van der Waals surface area (Å²) in [4.78, 5) is 15.0. The third kappa shape index (κ3) is 5.73. The van der Waals surface area contributed by atoms with E-state index in [0.717, 1.165) is 55.9 Å². The van der Waals surface area contributed by atoms with Gasteiger partial charge in [0.25, 0.3) is 0 Å². The molecule has 2 aromatic heterocycles. The van der Waals surface area contributed by atoms with Crippen LogP contribution in [0.15, 0.2) is 192 Å². The van der Waals surface area contributed by atoms with Crippen molar-refractivity contribution in [3.05, 3.63) is 188 Å². The minimum absolute atomic E-state index is 0.597. The van der Waals surface area contributed by atoms with Gasteiger partial charge in [-0.3, -0.25) is 0 Å². The number of aromatic nitrogens is 3. The van der Waals surface area contributed by atoms with Gasteiger partial charge < -0.3 is 4.42 Å². The fourth-order valence-corrected chi connectivity index (χ4v) is 7.21. The molecule has 0 saturated carbocycles. The quantitative estimate of drug-likeness (QED) is 0.164. The van der Waals surface area contributed by atoms with Gasteiger partial charge in [-0.1, -0.05) is 152 Å². The minimum Gasteiger partial charge on any atom is -0.436 e. The van der Waals surface area contributed by atoms with Crippen LogP contribution in [0.4, 0.5) is 0 Å². The maximum Gasteiger partial charge on any atom is 0.227 e. The molecule has 0 atom stereocenters. The number of fused-ring (bicyclic) bond motifs is 4. The number of hydrogen-bond acceptors (Lipinski definition) is 4. The van der Waals surface area contributed by atoms with E-state index >= 15 is 0 Å². The van der Waals surface area contributed by atoms with Crippen LogP contribution in [0.25, 0.3) is 100 Å². The predicted molar refractivity (Wildman–Crippen MR) is 217 cm³/mol. The second kappa shape index (κ2) is 12.9. The molecule has 248 valence electrons. The van der Waals surface area contributed by atoms with E-state index in [9.17, 15) is 0 Å². The van der Waals surface area contributed by atoms with Gasteiger partial charge in [-0.05, 0) is 80.2 Å². The first-order valence-corrected chi connectivity index (χ1v) is 17.8. The lowest BCUT2D eigenvalue weighted by Crippen LogP contribution is -1.96. The van der Waals surface area contributed by atoms with E-state index in [1.54, 1.807) is 0 Å². The lowest BCUT2D eigenvalue weighted by Gasteiger charge is -2.13. The molecule has 10 aromatic rings. The molecule has 0 amide bonds. The molecule has 0 fully saturated rings. The third-order valence-electron chi connectivity index (χ3n) is 9.96. The zero-order valence-corrected chi connectivity index (χ0v) is 28.6. The molecular formula is C49H31N3O. The zero-order chi connectivity index (χ0) is 35.1. The van der Waals surface area contributed by atoms with Gasteiger partial charge in [0.2, 0.25) is 5.89 Å².